The molecule has 0 saturated carbocycles. The molecule has 2 aromatic carbocycles. The first-order chi connectivity index (χ1) is 14.0. The van der Waals surface area contributed by atoms with Crippen LogP contribution in [0.5, 0.6) is 23.0 Å². The van der Waals surface area contributed by atoms with Gasteiger partial charge in [-0.3, -0.25) is 0 Å². The smallest absolute Gasteiger partial charge is 0.349 e. The zero-order valence-electron chi connectivity index (χ0n) is 14.8. The van der Waals surface area contributed by atoms with Crippen LogP contribution in [0.2, 0.25) is 0 Å². The van der Waals surface area contributed by atoms with Gasteiger partial charge in [0.15, 0.2) is 23.0 Å². The lowest BCUT2D eigenvalue weighted by Crippen LogP contribution is -2.45. The molecule has 12 nitrogen and oxygen atoms in total. The van der Waals surface area contributed by atoms with Crippen LogP contribution in [0.4, 0.5) is 0 Å². The van der Waals surface area contributed by atoms with Crippen LogP contribution in [0.1, 0.15) is 20.7 Å². The van der Waals surface area contributed by atoms with Crippen molar-refractivity contribution >= 4 is 23.9 Å². The minimum atomic E-state index is -2.57. The average Bonchev–Trinajstić information content (AvgIpc) is 2.68. The molecule has 12 heteroatoms. The molecule has 0 aliphatic carbocycles. The second-order valence-corrected chi connectivity index (χ2v) is 5.67. The molecular weight excluding hydrogens is 408 g/mol. The second kappa shape index (κ2) is 8.68. The summed E-state index contributed by atoms with van der Waals surface area (Å²) < 4.78 is 9.14. The molecular formula is C18H14O12. The van der Waals surface area contributed by atoms with Gasteiger partial charge in [0.25, 0.3) is 0 Å². The van der Waals surface area contributed by atoms with Crippen LogP contribution in [0, 0.1) is 0 Å². The Bertz CT molecular complexity index is 931. The molecule has 0 radical (unpaired) electrons. The number of rotatable bonds is 7. The van der Waals surface area contributed by atoms with E-state index in [1.54, 1.807) is 0 Å². The lowest BCUT2D eigenvalue weighted by atomic mass is 10.1. The largest absolute Gasteiger partial charge is 0.504 e. The number of carbonyl (C=O) groups is 4. The van der Waals surface area contributed by atoms with Gasteiger partial charge < -0.3 is 40.1 Å². The fourth-order valence-electron chi connectivity index (χ4n) is 2.23. The Balaban J connectivity index is 2.32. The number of phenols is 4. The summed E-state index contributed by atoms with van der Waals surface area (Å²) in [5.74, 6) is -10.4. The standard InChI is InChI=1S/C18H14O12/c19-9-5-1-3-7(11(9)21)17(27)29-13(15(23)24)14(16(25)26)30-18(28)8-4-2-6-10(20)12(8)22/h1-6,13-14,19-22H,(H,23,24)(H,25,26)/t13-,14+. The third-order valence-corrected chi connectivity index (χ3v) is 3.70. The predicted octanol–water partition coefficient (Wildman–Crippen LogP) is 0.429. The predicted molar refractivity (Wildman–Crippen MR) is 93.2 cm³/mol. The highest BCUT2D eigenvalue weighted by Gasteiger charge is 2.41. The number of hydrogen-bond acceptors (Lipinski definition) is 10. The van der Waals surface area contributed by atoms with Crippen molar-refractivity contribution in [2.24, 2.45) is 0 Å². The molecule has 158 valence electrons. The van der Waals surface area contributed by atoms with Gasteiger partial charge in [-0.2, -0.15) is 0 Å². The third kappa shape index (κ3) is 4.49. The molecule has 6 N–H and O–H groups in total. The third-order valence-electron chi connectivity index (χ3n) is 3.70. The Labute approximate surface area is 166 Å². The van der Waals surface area contributed by atoms with Gasteiger partial charge in [0, 0.05) is 0 Å². The number of carbonyl (C=O) groups excluding carboxylic acids is 2. The maximum Gasteiger partial charge on any atom is 0.349 e. The van der Waals surface area contributed by atoms with E-state index in [0.29, 0.717) is 0 Å². The van der Waals surface area contributed by atoms with Crippen LogP contribution in [-0.4, -0.2) is 66.7 Å². The molecule has 30 heavy (non-hydrogen) atoms. The molecule has 0 saturated heterocycles. The molecule has 0 amide bonds. The van der Waals surface area contributed by atoms with Crippen LogP contribution >= 0.6 is 0 Å². The lowest BCUT2D eigenvalue weighted by molar-refractivity contribution is -0.166. The summed E-state index contributed by atoms with van der Waals surface area (Å²) in [5.41, 5.74) is -1.36. The summed E-state index contributed by atoms with van der Waals surface area (Å²) >= 11 is 0. The van der Waals surface area contributed by atoms with E-state index in [1.165, 1.54) is 0 Å². The van der Waals surface area contributed by atoms with E-state index in [9.17, 15) is 49.8 Å². The van der Waals surface area contributed by atoms with Gasteiger partial charge in [0.05, 0.1) is 0 Å². The number of esters is 2. The first-order valence-electron chi connectivity index (χ1n) is 7.94. The maximum atomic E-state index is 12.2. The summed E-state index contributed by atoms with van der Waals surface area (Å²) in [6, 6.07) is 6.21. The van der Waals surface area contributed by atoms with E-state index in [0.717, 1.165) is 36.4 Å². The SMILES string of the molecule is O=C(O[C@H](C(=O)O)[C@@H](OC(=O)c1cccc(O)c1O)C(=O)O)c1cccc(O)c1O. The van der Waals surface area contributed by atoms with Gasteiger partial charge >= 0.3 is 23.9 Å². The summed E-state index contributed by atoms with van der Waals surface area (Å²) in [5, 5.41) is 56.7. The van der Waals surface area contributed by atoms with Gasteiger partial charge in [0.1, 0.15) is 11.1 Å². The Morgan fingerprint density at radius 2 is 0.967 bits per heavy atom. The summed E-state index contributed by atoms with van der Waals surface area (Å²) in [7, 11) is 0. The molecule has 0 aliphatic rings. The topological polar surface area (TPSA) is 208 Å². The highest BCUT2D eigenvalue weighted by molar-refractivity contribution is 5.98. The van der Waals surface area contributed by atoms with Crippen molar-refractivity contribution in [1.82, 2.24) is 0 Å². The molecule has 0 aliphatic heterocycles. The number of ether oxygens (including phenoxy) is 2. The number of carboxylic acids is 2. The fraction of sp³-hybridized carbons (Fsp3) is 0.111. The first kappa shape index (κ1) is 21.8. The van der Waals surface area contributed by atoms with Gasteiger partial charge in [0.2, 0.25) is 12.2 Å². The van der Waals surface area contributed by atoms with Crippen LogP contribution in [0.15, 0.2) is 36.4 Å². The van der Waals surface area contributed by atoms with Crippen molar-refractivity contribution in [3.05, 3.63) is 47.5 Å². The highest BCUT2D eigenvalue weighted by atomic mass is 16.6. The first-order valence-corrected chi connectivity index (χ1v) is 7.94. The Hall–Kier alpha value is -4.48. The quantitative estimate of drug-likeness (QED) is 0.265. The number of phenolic OH excluding ortho intramolecular Hbond substituents is 4. The van der Waals surface area contributed by atoms with E-state index in [4.69, 9.17) is 0 Å². The number of carboxylic acid groups (broad SMARTS) is 2. The van der Waals surface area contributed by atoms with Crippen LogP contribution in [0.3, 0.4) is 0 Å². The van der Waals surface area contributed by atoms with E-state index in [1.807, 2.05) is 0 Å². The zero-order chi connectivity index (χ0) is 22.6. The van der Waals surface area contributed by atoms with E-state index in [2.05, 4.69) is 9.47 Å². The second-order valence-electron chi connectivity index (χ2n) is 5.67. The van der Waals surface area contributed by atoms with E-state index in [-0.39, 0.29) is 0 Å². The molecule has 0 heterocycles. The Kier molecular flexibility index (Phi) is 6.32. The maximum absolute atomic E-state index is 12.2. The van der Waals surface area contributed by atoms with Crippen molar-refractivity contribution < 1.29 is 59.3 Å². The molecule has 2 aromatic rings. The van der Waals surface area contributed by atoms with Crippen molar-refractivity contribution in [2.45, 2.75) is 12.2 Å². The van der Waals surface area contributed by atoms with Crippen LogP contribution < -0.4 is 0 Å². The normalized spacial score (nSPS) is 12.4. The molecule has 0 fully saturated rings. The Morgan fingerprint density at radius 1 is 0.633 bits per heavy atom. The van der Waals surface area contributed by atoms with E-state index >= 15 is 0 Å². The van der Waals surface area contributed by atoms with Gasteiger partial charge in [-0.25, -0.2) is 19.2 Å². The van der Waals surface area contributed by atoms with E-state index < -0.39 is 70.2 Å². The average molecular weight is 422 g/mol. The molecule has 0 spiro atoms. The number of benzene rings is 2. The van der Waals surface area contributed by atoms with Gasteiger partial charge in [-0.1, -0.05) is 12.1 Å². The number of para-hydroxylation sites is 2. The molecule has 0 unspecified atom stereocenters. The molecule has 2 atom stereocenters. The number of aliphatic carboxylic acids is 2. The highest BCUT2D eigenvalue weighted by Crippen LogP contribution is 2.30. The monoisotopic (exact) mass is 422 g/mol. The number of hydrogen-bond donors (Lipinski definition) is 6. The van der Waals surface area contributed by atoms with Gasteiger partial charge in [-0.05, 0) is 24.3 Å². The minimum absolute atomic E-state index is 0.678. The summed E-state index contributed by atoms with van der Waals surface area (Å²) in [6.45, 7) is 0. The molecule has 2 rings (SSSR count). The minimum Gasteiger partial charge on any atom is -0.504 e. The van der Waals surface area contributed by atoms with Crippen molar-refractivity contribution in [2.75, 3.05) is 0 Å². The lowest BCUT2D eigenvalue weighted by Gasteiger charge is -2.21. The van der Waals surface area contributed by atoms with Gasteiger partial charge in [-0.15, -0.1) is 0 Å². The molecule has 0 aromatic heterocycles. The van der Waals surface area contributed by atoms with Crippen LogP contribution in [-0.2, 0) is 19.1 Å². The van der Waals surface area contributed by atoms with Crippen molar-refractivity contribution in [3.63, 3.8) is 0 Å². The van der Waals surface area contributed by atoms with Crippen molar-refractivity contribution in [1.29, 1.82) is 0 Å². The zero-order valence-corrected chi connectivity index (χ0v) is 14.8. The summed E-state index contributed by atoms with van der Waals surface area (Å²) in [6.07, 6.45) is -5.14. The fourth-order valence-corrected chi connectivity index (χ4v) is 2.23. The van der Waals surface area contributed by atoms with Crippen LogP contribution in [0.25, 0.3) is 0 Å². The Morgan fingerprint density at radius 3 is 1.27 bits per heavy atom. The summed E-state index contributed by atoms with van der Waals surface area (Å²) in [4.78, 5) is 47.2. The molecule has 0 bridgehead atoms. The number of aromatic hydroxyl groups is 4. The van der Waals surface area contributed by atoms with Crippen molar-refractivity contribution in [3.8, 4) is 23.0 Å².